The number of anilines is 1. The molecule has 0 radical (unpaired) electrons. The van der Waals surface area contributed by atoms with Crippen LogP contribution in [0.15, 0.2) is 36.4 Å². The normalized spacial score (nSPS) is 11.2. The fourth-order valence-corrected chi connectivity index (χ4v) is 2.66. The highest BCUT2D eigenvalue weighted by Gasteiger charge is 2.13. The van der Waals surface area contributed by atoms with Crippen molar-refractivity contribution in [2.24, 2.45) is 0 Å². The van der Waals surface area contributed by atoms with Crippen molar-refractivity contribution in [2.45, 2.75) is 26.8 Å². The second kappa shape index (κ2) is 5.20. The minimum Gasteiger partial charge on any atom is -0.399 e. The Morgan fingerprint density at radius 2 is 2.00 bits per heavy atom. The van der Waals surface area contributed by atoms with Crippen LogP contribution in [0.3, 0.4) is 0 Å². The Bertz CT molecular complexity index is 805. The third-order valence-corrected chi connectivity index (χ3v) is 3.83. The van der Waals surface area contributed by atoms with Crippen molar-refractivity contribution in [3.8, 4) is 0 Å². The first kappa shape index (κ1) is 13.6. The summed E-state index contributed by atoms with van der Waals surface area (Å²) in [5, 5.41) is 0. The van der Waals surface area contributed by atoms with E-state index in [1.807, 2.05) is 31.2 Å². The molecule has 0 spiro atoms. The van der Waals surface area contributed by atoms with E-state index in [1.54, 1.807) is 6.07 Å². The summed E-state index contributed by atoms with van der Waals surface area (Å²) in [5.74, 6) is 0.636. The van der Waals surface area contributed by atoms with E-state index in [4.69, 9.17) is 5.73 Å². The number of aromatic nitrogens is 2. The van der Waals surface area contributed by atoms with Gasteiger partial charge in [0.2, 0.25) is 0 Å². The van der Waals surface area contributed by atoms with Gasteiger partial charge in [-0.05, 0) is 49.2 Å². The first-order chi connectivity index (χ1) is 10.1. The van der Waals surface area contributed by atoms with Gasteiger partial charge in [-0.2, -0.15) is 0 Å². The summed E-state index contributed by atoms with van der Waals surface area (Å²) in [4.78, 5) is 4.63. The third kappa shape index (κ3) is 2.37. The molecule has 0 amide bonds. The maximum Gasteiger partial charge on any atom is 0.127 e. The molecule has 0 aliphatic heterocycles. The average Bonchev–Trinajstić information content (AvgIpc) is 2.81. The molecule has 0 saturated carbocycles. The SMILES string of the molecule is CCn1c(Cc2cc(N)c(C)cc2F)nc2ccccc21. The first-order valence-corrected chi connectivity index (χ1v) is 7.08. The summed E-state index contributed by atoms with van der Waals surface area (Å²) >= 11 is 0. The molecule has 21 heavy (non-hydrogen) atoms. The van der Waals surface area contributed by atoms with Gasteiger partial charge in [-0.25, -0.2) is 9.37 Å². The number of imidazole rings is 1. The highest BCUT2D eigenvalue weighted by atomic mass is 19.1. The summed E-state index contributed by atoms with van der Waals surface area (Å²) in [6.45, 7) is 4.68. The largest absolute Gasteiger partial charge is 0.399 e. The van der Waals surface area contributed by atoms with Gasteiger partial charge in [0.15, 0.2) is 0 Å². The number of benzene rings is 2. The van der Waals surface area contributed by atoms with Crippen molar-refractivity contribution >= 4 is 16.7 Å². The molecule has 0 aliphatic carbocycles. The Balaban J connectivity index is 2.08. The van der Waals surface area contributed by atoms with Gasteiger partial charge >= 0.3 is 0 Å². The quantitative estimate of drug-likeness (QED) is 0.745. The predicted octanol–water partition coefficient (Wildman–Crippen LogP) is 3.68. The molecule has 1 aromatic heterocycles. The lowest BCUT2D eigenvalue weighted by atomic mass is 10.1. The van der Waals surface area contributed by atoms with E-state index in [0.717, 1.165) is 29.0 Å². The van der Waals surface area contributed by atoms with Crippen LogP contribution in [0.2, 0.25) is 0 Å². The second-order valence-electron chi connectivity index (χ2n) is 5.24. The highest BCUT2D eigenvalue weighted by molar-refractivity contribution is 5.76. The van der Waals surface area contributed by atoms with Crippen LogP contribution in [0.1, 0.15) is 23.9 Å². The third-order valence-electron chi connectivity index (χ3n) is 3.83. The molecule has 2 N–H and O–H groups in total. The molecule has 108 valence electrons. The molecule has 0 aliphatic rings. The van der Waals surface area contributed by atoms with Crippen LogP contribution in [0.4, 0.5) is 10.1 Å². The Morgan fingerprint density at radius 3 is 2.76 bits per heavy atom. The zero-order valence-electron chi connectivity index (χ0n) is 12.2. The lowest BCUT2D eigenvalue weighted by Gasteiger charge is -2.09. The molecule has 2 aromatic carbocycles. The number of nitrogens with two attached hydrogens (primary N) is 1. The van der Waals surface area contributed by atoms with Crippen molar-refractivity contribution in [1.29, 1.82) is 0 Å². The zero-order valence-corrected chi connectivity index (χ0v) is 12.2. The van der Waals surface area contributed by atoms with Gasteiger partial charge in [0, 0.05) is 18.7 Å². The van der Waals surface area contributed by atoms with E-state index in [0.29, 0.717) is 17.7 Å². The number of hydrogen-bond acceptors (Lipinski definition) is 2. The van der Waals surface area contributed by atoms with Gasteiger partial charge in [-0.15, -0.1) is 0 Å². The Hall–Kier alpha value is -2.36. The summed E-state index contributed by atoms with van der Waals surface area (Å²) < 4.78 is 16.2. The van der Waals surface area contributed by atoms with E-state index in [9.17, 15) is 4.39 Å². The van der Waals surface area contributed by atoms with Gasteiger partial charge in [-0.3, -0.25) is 0 Å². The molecule has 3 aromatic rings. The van der Waals surface area contributed by atoms with Crippen molar-refractivity contribution in [1.82, 2.24) is 9.55 Å². The van der Waals surface area contributed by atoms with Gasteiger partial charge in [0.1, 0.15) is 11.6 Å². The monoisotopic (exact) mass is 283 g/mol. The van der Waals surface area contributed by atoms with Crippen LogP contribution in [0.25, 0.3) is 11.0 Å². The molecule has 3 nitrogen and oxygen atoms in total. The number of rotatable bonds is 3. The Morgan fingerprint density at radius 1 is 1.24 bits per heavy atom. The fraction of sp³-hybridized carbons (Fsp3) is 0.235. The van der Waals surface area contributed by atoms with Crippen LogP contribution >= 0.6 is 0 Å². The standard InChI is InChI=1S/C17H18FN3/c1-3-21-16-7-5-4-6-15(16)20-17(21)10-12-9-14(19)11(2)8-13(12)18/h4-9H,3,10,19H2,1-2H3. The van der Waals surface area contributed by atoms with Crippen molar-refractivity contribution < 1.29 is 4.39 Å². The number of fused-ring (bicyclic) bond motifs is 1. The maximum absolute atomic E-state index is 14.1. The summed E-state index contributed by atoms with van der Waals surface area (Å²) in [6.07, 6.45) is 0.443. The molecule has 0 saturated heterocycles. The van der Waals surface area contributed by atoms with Crippen LogP contribution < -0.4 is 5.73 Å². The van der Waals surface area contributed by atoms with Crippen LogP contribution in [-0.2, 0) is 13.0 Å². The van der Waals surface area contributed by atoms with E-state index >= 15 is 0 Å². The van der Waals surface area contributed by atoms with Crippen LogP contribution in [0, 0.1) is 12.7 Å². The van der Waals surface area contributed by atoms with Crippen molar-refractivity contribution in [3.05, 3.63) is 59.2 Å². The van der Waals surface area contributed by atoms with Crippen molar-refractivity contribution in [3.63, 3.8) is 0 Å². The summed E-state index contributed by atoms with van der Waals surface area (Å²) in [7, 11) is 0. The minimum absolute atomic E-state index is 0.226. The van der Waals surface area contributed by atoms with Gasteiger partial charge < -0.3 is 10.3 Å². The molecular formula is C17H18FN3. The molecule has 0 unspecified atom stereocenters. The number of nitrogens with zero attached hydrogens (tertiary/aromatic N) is 2. The second-order valence-corrected chi connectivity index (χ2v) is 5.24. The van der Waals surface area contributed by atoms with E-state index in [1.165, 1.54) is 6.07 Å². The molecule has 4 heteroatoms. The minimum atomic E-state index is -0.226. The predicted molar refractivity (Wildman–Crippen MR) is 83.8 cm³/mol. The molecule has 3 rings (SSSR count). The van der Waals surface area contributed by atoms with E-state index in [2.05, 4.69) is 16.5 Å². The van der Waals surface area contributed by atoms with E-state index in [-0.39, 0.29) is 5.82 Å². The summed E-state index contributed by atoms with van der Waals surface area (Å²) in [5.41, 5.74) is 9.88. The maximum atomic E-state index is 14.1. The molecule has 0 fully saturated rings. The van der Waals surface area contributed by atoms with Crippen LogP contribution in [-0.4, -0.2) is 9.55 Å². The smallest absolute Gasteiger partial charge is 0.127 e. The lowest BCUT2D eigenvalue weighted by Crippen LogP contribution is -2.05. The average molecular weight is 283 g/mol. The molecule has 1 heterocycles. The van der Waals surface area contributed by atoms with Gasteiger partial charge in [0.25, 0.3) is 0 Å². The van der Waals surface area contributed by atoms with Gasteiger partial charge in [-0.1, -0.05) is 12.1 Å². The molecular weight excluding hydrogens is 265 g/mol. The zero-order chi connectivity index (χ0) is 15.0. The first-order valence-electron chi connectivity index (χ1n) is 7.08. The molecule has 0 bridgehead atoms. The topological polar surface area (TPSA) is 43.8 Å². The number of halogens is 1. The number of aryl methyl sites for hydroxylation is 2. The number of para-hydroxylation sites is 2. The molecule has 0 atom stereocenters. The lowest BCUT2D eigenvalue weighted by molar-refractivity contribution is 0.608. The Labute approximate surface area is 123 Å². The highest BCUT2D eigenvalue weighted by Crippen LogP contribution is 2.22. The van der Waals surface area contributed by atoms with E-state index < -0.39 is 0 Å². The fourth-order valence-electron chi connectivity index (χ4n) is 2.66. The van der Waals surface area contributed by atoms with Crippen molar-refractivity contribution in [2.75, 3.05) is 5.73 Å². The van der Waals surface area contributed by atoms with Gasteiger partial charge in [0.05, 0.1) is 11.0 Å². The number of nitrogen functional groups attached to an aromatic ring is 1. The number of hydrogen-bond donors (Lipinski definition) is 1. The van der Waals surface area contributed by atoms with Crippen LogP contribution in [0.5, 0.6) is 0 Å². The summed E-state index contributed by atoms with van der Waals surface area (Å²) in [6, 6.07) is 11.2. The Kier molecular flexibility index (Phi) is 3.37.